The molecule has 0 bridgehead atoms. The van der Waals surface area contributed by atoms with Crippen molar-refractivity contribution in [2.75, 3.05) is 5.32 Å². The average molecular weight is 277 g/mol. The fourth-order valence-corrected chi connectivity index (χ4v) is 1.94. The predicted molar refractivity (Wildman–Crippen MR) is 73.8 cm³/mol. The smallest absolute Gasteiger partial charge is 0.244 e. The van der Waals surface area contributed by atoms with Gasteiger partial charge >= 0.3 is 0 Å². The molecule has 19 heavy (non-hydrogen) atoms. The zero-order valence-corrected chi connectivity index (χ0v) is 11.1. The Hall–Kier alpha value is -2.14. The standard InChI is InChI=1S/C13H13ClN4O/c1-8-16-10(14)7-11(17-8)18-12(13(15)19)9-5-3-2-4-6-9/h2-7,12H,1H3,(H2,15,19)(H,16,17,18). The van der Waals surface area contributed by atoms with Crippen LogP contribution in [-0.2, 0) is 4.79 Å². The van der Waals surface area contributed by atoms with Crippen molar-refractivity contribution in [1.29, 1.82) is 0 Å². The summed E-state index contributed by atoms with van der Waals surface area (Å²) in [7, 11) is 0. The summed E-state index contributed by atoms with van der Waals surface area (Å²) >= 11 is 5.85. The molecule has 0 radical (unpaired) electrons. The van der Waals surface area contributed by atoms with E-state index in [0.29, 0.717) is 16.8 Å². The molecule has 0 aliphatic heterocycles. The summed E-state index contributed by atoms with van der Waals surface area (Å²) in [6.07, 6.45) is 0. The van der Waals surface area contributed by atoms with E-state index in [1.807, 2.05) is 30.3 Å². The first-order valence-electron chi connectivity index (χ1n) is 5.68. The fraction of sp³-hybridized carbons (Fsp3) is 0.154. The van der Waals surface area contributed by atoms with Gasteiger partial charge in [-0.1, -0.05) is 41.9 Å². The zero-order valence-electron chi connectivity index (χ0n) is 10.3. The first kappa shape index (κ1) is 13.3. The molecule has 5 nitrogen and oxygen atoms in total. The molecule has 6 heteroatoms. The van der Waals surface area contributed by atoms with Crippen LogP contribution >= 0.6 is 11.6 Å². The van der Waals surface area contributed by atoms with Crippen LogP contribution in [0.5, 0.6) is 0 Å². The van der Waals surface area contributed by atoms with Gasteiger partial charge in [-0.3, -0.25) is 4.79 Å². The third kappa shape index (κ3) is 3.42. The predicted octanol–water partition coefficient (Wildman–Crippen LogP) is 2.08. The maximum absolute atomic E-state index is 11.6. The number of nitrogens with two attached hydrogens (primary N) is 1. The van der Waals surface area contributed by atoms with E-state index in [9.17, 15) is 4.79 Å². The highest BCUT2D eigenvalue weighted by Crippen LogP contribution is 2.19. The second kappa shape index (κ2) is 5.67. The van der Waals surface area contributed by atoms with E-state index in [-0.39, 0.29) is 0 Å². The lowest BCUT2D eigenvalue weighted by Gasteiger charge is -2.16. The number of aryl methyl sites for hydroxylation is 1. The Morgan fingerprint density at radius 3 is 2.58 bits per heavy atom. The van der Waals surface area contributed by atoms with Crippen LogP contribution in [0.25, 0.3) is 0 Å². The van der Waals surface area contributed by atoms with Crippen molar-refractivity contribution < 1.29 is 4.79 Å². The van der Waals surface area contributed by atoms with Gasteiger partial charge in [0.1, 0.15) is 22.8 Å². The molecule has 0 saturated carbocycles. The number of benzene rings is 1. The molecule has 0 spiro atoms. The lowest BCUT2D eigenvalue weighted by Crippen LogP contribution is -2.28. The number of carbonyl (C=O) groups is 1. The number of carbonyl (C=O) groups excluding carboxylic acids is 1. The molecule has 1 aromatic heterocycles. The number of rotatable bonds is 4. The third-order valence-electron chi connectivity index (χ3n) is 2.52. The molecule has 98 valence electrons. The molecule has 2 rings (SSSR count). The summed E-state index contributed by atoms with van der Waals surface area (Å²) in [4.78, 5) is 19.7. The van der Waals surface area contributed by atoms with Gasteiger partial charge < -0.3 is 11.1 Å². The minimum Gasteiger partial charge on any atom is -0.368 e. The van der Waals surface area contributed by atoms with Gasteiger partial charge in [0.25, 0.3) is 0 Å². The molecule has 1 atom stereocenters. The van der Waals surface area contributed by atoms with Crippen LogP contribution in [0.2, 0.25) is 5.15 Å². The van der Waals surface area contributed by atoms with Gasteiger partial charge in [0.2, 0.25) is 5.91 Å². The van der Waals surface area contributed by atoms with Gasteiger partial charge in [0, 0.05) is 6.07 Å². The van der Waals surface area contributed by atoms with Gasteiger partial charge in [0.15, 0.2) is 0 Å². The SMILES string of the molecule is Cc1nc(Cl)cc(NC(C(N)=O)c2ccccc2)n1. The molecule has 1 amide bonds. The van der Waals surface area contributed by atoms with E-state index in [2.05, 4.69) is 15.3 Å². The van der Waals surface area contributed by atoms with E-state index in [0.717, 1.165) is 5.56 Å². The van der Waals surface area contributed by atoms with Crippen LogP contribution in [0, 0.1) is 6.92 Å². The Morgan fingerprint density at radius 2 is 2.00 bits per heavy atom. The molecule has 0 saturated heterocycles. The Morgan fingerprint density at radius 1 is 1.32 bits per heavy atom. The maximum atomic E-state index is 11.6. The number of hydrogen-bond acceptors (Lipinski definition) is 4. The summed E-state index contributed by atoms with van der Waals surface area (Å²) in [5.41, 5.74) is 6.18. The van der Waals surface area contributed by atoms with Crippen LogP contribution in [-0.4, -0.2) is 15.9 Å². The summed E-state index contributed by atoms with van der Waals surface area (Å²) in [5.74, 6) is 0.495. The van der Waals surface area contributed by atoms with E-state index >= 15 is 0 Å². The van der Waals surface area contributed by atoms with Crippen LogP contribution < -0.4 is 11.1 Å². The van der Waals surface area contributed by atoms with Crippen LogP contribution in [0.4, 0.5) is 5.82 Å². The molecule has 1 aromatic carbocycles. The number of halogens is 1. The Kier molecular flexibility index (Phi) is 3.97. The molecule has 0 aliphatic carbocycles. The number of hydrogen-bond donors (Lipinski definition) is 2. The number of aromatic nitrogens is 2. The third-order valence-corrected chi connectivity index (χ3v) is 2.71. The summed E-state index contributed by atoms with van der Waals surface area (Å²) in [5, 5.41) is 3.28. The fourth-order valence-electron chi connectivity index (χ4n) is 1.72. The highest BCUT2D eigenvalue weighted by Gasteiger charge is 2.18. The minimum atomic E-state index is -0.661. The molecule has 3 N–H and O–H groups in total. The second-order valence-electron chi connectivity index (χ2n) is 4.01. The van der Waals surface area contributed by atoms with Crippen molar-refractivity contribution in [3.63, 3.8) is 0 Å². The Labute approximate surface area is 115 Å². The van der Waals surface area contributed by atoms with Crippen molar-refractivity contribution >= 4 is 23.3 Å². The molecule has 1 heterocycles. The molecule has 0 aliphatic rings. The average Bonchev–Trinajstić information content (AvgIpc) is 2.35. The van der Waals surface area contributed by atoms with E-state index in [4.69, 9.17) is 17.3 Å². The molecular formula is C13H13ClN4O. The lowest BCUT2D eigenvalue weighted by molar-refractivity contribution is -0.118. The van der Waals surface area contributed by atoms with Crippen molar-refractivity contribution in [2.24, 2.45) is 5.73 Å². The van der Waals surface area contributed by atoms with Crippen LogP contribution in [0.1, 0.15) is 17.4 Å². The van der Waals surface area contributed by atoms with E-state index < -0.39 is 11.9 Å². The molecule has 2 aromatic rings. The summed E-state index contributed by atoms with van der Waals surface area (Å²) in [6, 6.07) is 10.1. The first-order chi connectivity index (χ1) is 9.06. The first-order valence-corrected chi connectivity index (χ1v) is 6.06. The Balaban J connectivity index is 2.29. The Bertz CT molecular complexity index is 568. The van der Waals surface area contributed by atoms with E-state index in [1.54, 1.807) is 13.0 Å². The largest absolute Gasteiger partial charge is 0.368 e. The molecule has 1 unspecified atom stereocenters. The van der Waals surface area contributed by atoms with Gasteiger partial charge in [-0.2, -0.15) is 0 Å². The lowest BCUT2D eigenvalue weighted by atomic mass is 10.1. The van der Waals surface area contributed by atoms with Crippen molar-refractivity contribution in [3.8, 4) is 0 Å². The highest BCUT2D eigenvalue weighted by atomic mass is 35.5. The van der Waals surface area contributed by atoms with Gasteiger partial charge in [0.05, 0.1) is 0 Å². The normalized spacial score (nSPS) is 11.9. The second-order valence-corrected chi connectivity index (χ2v) is 4.40. The van der Waals surface area contributed by atoms with E-state index in [1.165, 1.54) is 0 Å². The van der Waals surface area contributed by atoms with Crippen molar-refractivity contribution in [1.82, 2.24) is 9.97 Å². The van der Waals surface area contributed by atoms with Crippen LogP contribution in [0.15, 0.2) is 36.4 Å². The number of nitrogens with zero attached hydrogens (tertiary/aromatic N) is 2. The number of primary amides is 1. The van der Waals surface area contributed by atoms with Crippen molar-refractivity contribution in [2.45, 2.75) is 13.0 Å². The highest BCUT2D eigenvalue weighted by molar-refractivity contribution is 6.29. The number of amides is 1. The topological polar surface area (TPSA) is 80.9 Å². The van der Waals surface area contributed by atoms with Gasteiger partial charge in [-0.05, 0) is 12.5 Å². The van der Waals surface area contributed by atoms with Gasteiger partial charge in [-0.25, -0.2) is 9.97 Å². The molecular weight excluding hydrogens is 264 g/mol. The maximum Gasteiger partial charge on any atom is 0.244 e. The minimum absolute atomic E-state index is 0.311. The monoisotopic (exact) mass is 276 g/mol. The number of nitrogens with one attached hydrogen (secondary N) is 1. The number of anilines is 1. The quantitative estimate of drug-likeness (QED) is 0.838. The van der Waals surface area contributed by atoms with Crippen molar-refractivity contribution in [3.05, 3.63) is 52.9 Å². The summed E-state index contributed by atoms with van der Waals surface area (Å²) < 4.78 is 0. The van der Waals surface area contributed by atoms with Gasteiger partial charge in [-0.15, -0.1) is 0 Å². The zero-order chi connectivity index (χ0) is 13.8. The molecule has 0 fully saturated rings. The summed E-state index contributed by atoms with van der Waals surface area (Å²) in [6.45, 7) is 1.72. The van der Waals surface area contributed by atoms with Crippen LogP contribution in [0.3, 0.4) is 0 Å².